The fourth-order valence-corrected chi connectivity index (χ4v) is 4.36. The molecule has 184 valence electrons. The van der Waals surface area contributed by atoms with Gasteiger partial charge in [0.2, 0.25) is 10.0 Å². The highest BCUT2D eigenvalue weighted by Crippen LogP contribution is 2.28. The van der Waals surface area contributed by atoms with E-state index in [4.69, 9.17) is 9.47 Å². The summed E-state index contributed by atoms with van der Waals surface area (Å²) in [5, 5.41) is 4.30. The Balaban J connectivity index is 1.73. The number of nitrogens with one attached hydrogen (secondary N) is 1. The summed E-state index contributed by atoms with van der Waals surface area (Å²) in [6.45, 7) is 2.10. The quantitative estimate of drug-likeness (QED) is 0.336. The summed E-state index contributed by atoms with van der Waals surface area (Å²) in [6, 6.07) is 21.1. The maximum atomic E-state index is 12.7. The van der Waals surface area contributed by atoms with E-state index in [1.165, 1.54) is 10.6 Å². The number of carbonyl (C=O) groups excluding carboxylic acids is 1. The summed E-state index contributed by atoms with van der Waals surface area (Å²) < 4.78 is 36.6. The van der Waals surface area contributed by atoms with Crippen LogP contribution in [0.15, 0.2) is 77.9 Å². The Morgan fingerprint density at radius 2 is 1.54 bits per heavy atom. The number of benzene rings is 3. The van der Waals surface area contributed by atoms with Crippen LogP contribution in [0.3, 0.4) is 0 Å². The van der Waals surface area contributed by atoms with E-state index < -0.39 is 10.0 Å². The Morgan fingerprint density at radius 3 is 2.11 bits per heavy atom. The second kappa shape index (κ2) is 11.5. The molecule has 0 spiro atoms. The number of anilines is 1. The van der Waals surface area contributed by atoms with Crippen LogP contribution in [-0.2, 0) is 16.6 Å². The molecule has 0 aliphatic rings. The standard InChI is InChI=1S/C26H29N3O5S/c1-5-23(21-15-16-24(33-2)25(17-21)34-3)27-28-26(30)20-13-11-19(12-14-20)18-29(35(4,31)32)22-9-7-6-8-10-22/h6-17H,5,18H2,1-4H3,(H,28,30)/b27-23-. The summed E-state index contributed by atoms with van der Waals surface area (Å²) in [5.74, 6) is 0.815. The lowest BCUT2D eigenvalue weighted by Gasteiger charge is -2.22. The number of amides is 1. The average Bonchev–Trinajstić information content (AvgIpc) is 2.87. The molecule has 0 aromatic heterocycles. The highest BCUT2D eigenvalue weighted by Gasteiger charge is 2.18. The van der Waals surface area contributed by atoms with Crippen LogP contribution in [0.1, 0.15) is 34.8 Å². The van der Waals surface area contributed by atoms with Gasteiger partial charge in [-0.05, 0) is 54.4 Å². The molecule has 0 saturated heterocycles. The Hall–Kier alpha value is -3.85. The third kappa shape index (κ3) is 6.60. The Bertz CT molecular complexity index is 1290. The van der Waals surface area contributed by atoms with Gasteiger partial charge in [0.1, 0.15) is 0 Å². The molecule has 9 heteroatoms. The summed E-state index contributed by atoms with van der Waals surface area (Å²) in [6.07, 6.45) is 1.76. The molecule has 0 atom stereocenters. The van der Waals surface area contributed by atoms with Crippen LogP contribution < -0.4 is 19.2 Å². The highest BCUT2D eigenvalue weighted by molar-refractivity contribution is 7.92. The molecule has 0 radical (unpaired) electrons. The number of sulfonamides is 1. The molecule has 0 heterocycles. The number of rotatable bonds is 10. The molecule has 3 aromatic rings. The topological polar surface area (TPSA) is 97.3 Å². The first kappa shape index (κ1) is 25.8. The van der Waals surface area contributed by atoms with Crippen molar-refractivity contribution < 1.29 is 22.7 Å². The molecule has 35 heavy (non-hydrogen) atoms. The first-order chi connectivity index (χ1) is 16.8. The van der Waals surface area contributed by atoms with Crippen LogP contribution in [0.2, 0.25) is 0 Å². The zero-order chi connectivity index (χ0) is 25.4. The van der Waals surface area contributed by atoms with Crippen LogP contribution in [0.25, 0.3) is 0 Å². The maximum Gasteiger partial charge on any atom is 0.271 e. The lowest BCUT2D eigenvalue weighted by molar-refractivity contribution is 0.0954. The van der Waals surface area contributed by atoms with Gasteiger partial charge in [-0.3, -0.25) is 9.10 Å². The van der Waals surface area contributed by atoms with Gasteiger partial charge >= 0.3 is 0 Å². The van der Waals surface area contributed by atoms with Crippen molar-refractivity contribution in [2.75, 3.05) is 24.8 Å². The summed E-state index contributed by atoms with van der Waals surface area (Å²) in [4.78, 5) is 12.7. The Morgan fingerprint density at radius 1 is 0.914 bits per heavy atom. The van der Waals surface area contributed by atoms with E-state index in [9.17, 15) is 13.2 Å². The Kier molecular flexibility index (Phi) is 8.48. The highest BCUT2D eigenvalue weighted by atomic mass is 32.2. The van der Waals surface area contributed by atoms with Gasteiger partial charge < -0.3 is 9.47 Å². The SMILES string of the molecule is CC/C(=N/NC(=O)c1ccc(CN(c2ccccc2)S(C)(=O)=O)cc1)c1ccc(OC)c(OC)c1. The van der Waals surface area contributed by atoms with E-state index in [-0.39, 0.29) is 12.5 Å². The fraction of sp³-hybridized carbons (Fsp3) is 0.231. The van der Waals surface area contributed by atoms with Crippen LogP contribution in [0, 0.1) is 0 Å². The van der Waals surface area contributed by atoms with Crippen molar-refractivity contribution in [2.24, 2.45) is 5.10 Å². The Labute approximate surface area is 206 Å². The second-order valence-electron chi connectivity index (χ2n) is 7.72. The third-order valence-corrected chi connectivity index (χ3v) is 6.47. The van der Waals surface area contributed by atoms with Crippen molar-refractivity contribution in [3.8, 4) is 11.5 Å². The number of para-hydroxylation sites is 1. The monoisotopic (exact) mass is 495 g/mol. The van der Waals surface area contributed by atoms with E-state index in [1.54, 1.807) is 68.8 Å². The van der Waals surface area contributed by atoms with E-state index in [2.05, 4.69) is 10.5 Å². The lowest BCUT2D eigenvalue weighted by atomic mass is 10.1. The summed E-state index contributed by atoms with van der Waals surface area (Å²) in [5.41, 5.74) is 5.82. The zero-order valence-electron chi connectivity index (χ0n) is 20.2. The van der Waals surface area contributed by atoms with Gasteiger partial charge in [-0.1, -0.05) is 37.3 Å². The van der Waals surface area contributed by atoms with E-state index in [0.717, 1.165) is 11.1 Å². The summed E-state index contributed by atoms with van der Waals surface area (Å²) >= 11 is 0. The van der Waals surface area contributed by atoms with E-state index >= 15 is 0 Å². The first-order valence-corrected chi connectivity index (χ1v) is 12.8. The molecular weight excluding hydrogens is 466 g/mol. The number of carbonyl (C=O) groups is 1. The lowest BCUT2D eigenvalue weighted by Crippen LogP contribution is -2.29. The van der Waals surface area contributed by atoms with Crippen molar-refractivity contribution in [1.82, 2.24) is 5.43 Å². The van der Waals surface area contributed by atoms with Gasteiger partial charge in [-0.25, -0.2) is 13.8 Å². The molecule has 3 aromatic carbocycles. The average molecular weight is 496 g/mol. The van der Waals surface area contributed by atoms with E-state index in [0.29, 0.717) is 34.9 Å². The normalized spacial score (nSPS) is 11.6. The fourth-order valence-electron chi connectivity index (χ4n) is 3.47. The minimum atomic E-state index is -3.48. The third-order valence-electron chi connectivity index (χ3n) is 5.33. The predicted octanol–water partition coefficient (Wildman–Crippen LogP) is 4.21. The smallest absolute Gasteiger partial charge is 0.271 e. The van der Waals surface area contributed by atoms with Crippen LogP contribution in [0.5, 0.6) is 11.5 Å². The van der Waals surface area contributed by atoms with Crippen molar-refractivity contribution >= 4 is 27.3 Å². The van der Waals surface area contributed by atoms with Gasteiger partial charge in [0.05, 0.1) is 38.4 Å². The number of methoxy groups -OCH3 is 2. The number of nitrogens with zero attached hydrogens (tertiary/aromatic N) is 2. The van der Waals surface area contributed by atoms with Gasteiger partial charge in [0.15, 0.2) is 11.5 Å². The van der Waals surface area contributed by atoms with Gasteiger partial charge in [0.25, 0.3) is 5.91 Å². The van der Waals surface area contributed by atoms with Gasteiger partial charge in [-0.2, -0.15) is 5.10 Å². The molecule has 0 saturated carbocycles. The van der Waals surface area contributed by atoms with Crippen molar-refractivity contribution in [3.63, 3.8) is 0 Å². The molecule has 8 nitrogen and oxygen atoms in total. The number of hydrogen-bond acceptors (Lipinski definition) is 6. The molecule has 0 unspecified atom stereocenters. The van der Waals surface area contributed by atoms with Gasteiger partial charge in [-0.15, -0.1) is 0 Å². The second-order valence-corrected chi connectivity index (χ2v) is 9.63. The molecular formula is C26H29N3O5S. The zero-order valence-corrected chi connectivity index (χ0v) is 21.0. The largest absolute Gasteiger partial charge is 0.493 e. The van der Waals surface area contributed by atoms with E-state index in [1.807, 2.05) is 25.1 Å². The minimum absolute atomic E-state index is 0.155. The van der Waals surface area contributed by atoms with Gasteiger partial charge in [0, 0.05) is 11.1 Å². The molecule has 0 bridgehead atoms. The molecule has 0 aliphatic heterocycles. The molecule has 1 amide bonds. The van der Waals surface area contributed by atoms with Crippen molar-refractivity contribution in [1.29, 1.82) is 0 Å². The molecule has 0 aliphatic carbocycles. The number of hydrazone groups is 1. The molecule has 0 fully saturated rings. The molecule has 3 rings (SSSR count). The number of hydrogen-bond donors (Lipinski definition) is 1. The van der Waals surface area contributed by atoms with Crippen molar-refractivity contribution in [2.45, 2.75) is 19.9 Å². The maximum absolute atomic E-state index is 12.7. The van der Waals surface area contributed by atoms with Crippen LogP contribution in [-0.4, -0.2) is 40.5 Å². The number of ether oxygens (including phenoxy) is 2. The molecule has 1 N–H and O–H groups in total. The predicted molar refractivity (Wildman–Crippen MR) is 138 cm³/mol. The van der Waals surface area contributed by atoms with Crippen molar-refractivity contribution in [3.05, 3.63) is 89.5 Å². The van der Waals surface area contributed by atoms with Crippen LogP contribution >= 0.6 is 0 Å². The first-order valence-electron chi connectivity index (χ1n) is 11.0. The van der Waals surface area contributed by atoms with Crippen LogP contribution in [0.4, 0.5) is 5.69 Å². The minimum Gasteiger partial charge on any atom is -0.493 e. The summed E-state index contributed by atoms with van der Waals surface area (Å²) in [7, 11) is -0.352.